The van der Waals surface area contributed by atoms with Crippen LogP contribution in [0.25, 0.3) is 0 Å². The largest absolute Gasteiger partial charge is 0.492 e. The van der Waals surface area contributed by atoms with Gasteiger partial charge >= 0.3 is 12.1 Å². The highest BCUT2D eigenvalue weighted by atomic mass is 19.4. The summed E-state index contributed by atoms with van der Waals surface area (Å²) in [6, 6.07) is 7.25. The van der Waals surface area contributed by atoms with Crippen LogP contribution >= 0.6 is 0 Å². The number of rotatable bonds is 1. The fourth-order valence-corrected chi connectivity index (χ4v) is 3.00. The summed E-state index contributed by atoms with van der Waals surface area (Å²) < 4.78 is 36.6. The smallest absolute Gasteiger partial charge is 0.361 e. The Morgan fingerprint density at radius 1 is 1.23 bits per heavy atom. The van der Waals surface area contributed by atoms with Crippen molar-refractivity contribution in [2.75, 3.05) is 18.4 Å². The lowest BCUT2D eigenvalue weighted by Gasteiger charge is -2.36. The lowest BCUT2D eigenvalue weighted by Crippen LogP contribution is -2.48. The summed E-state index contributed by atoms with van der Waals surface area (Å²) in [5, 5.41) is 3.76. The van der Waals surface area contributed by atoms with Crippen LogP contribution in [0.3, 0.4) is 0 Å². The van der Waals surface area contributed by atoms with Gasteiger partial charge in [-0.1, -0.05) is 18.2 Å². The molecular weight excluding hydrogens is 301 g/mol. The number of hydrogen-bond acceptors (Lipinski definition) is 4. The van der Waals surface area contributed by atoms with Crippen LogP contribution in [-0.2, 0) is 19.8 Å². The summed E-state index contributed by atoms with van der Waals surface area (Å²) >= 11 is 0. The number of hydroxylamine groups is 2. The molecule has 0 bridgehead atoms. The van der Waals surface area contributed by atoms with Gasteiger partial charge in [-0.15, -0.1) is 5.06 Å². The summed E-state index contributed by atoms with van der Waals surface area (Å²) in [6.07, 6.45) is -4.44. The Bertz CT molecular complexity index is 622. The number of para-hydroxylation sites is 1. The molecule has 1 saturated heterocycles. The first-order chi connectivity index (χ1) is 10.3. The van der Waals surface area contributed by atoms with Crippen LogP contribution in [0.2, 0.25) is 0 Å². The van der Waals surface area contributed by atoms with E-state index in [2.05, 4.69) is 10.2 Å². The molecule has 1 fully saturated rings. The summed E-state index contributed by atoms with van der Waals surface area (Å²) in [6.45, 7) is 0.146. The lowest BCUT2D eigenvalue weighted by atomic mass is 9.74. The van der Waals surface area contributed by atoms with Crippen LogP contribution in [0.15, 0.2) is 24.3 Å². The van der Waals surface area contributed by atoms with Crippen molar-refractivity contribution in [3.63, 3.8) is 0 Å². The van der Waals surface area contributed by atoms with Gasteiger partial charge in [0.25, 0.3) is 0 Å². The number of nitrogens with one attached hydrogen (secondary N) is 1. The molecule has 1 amide bonds. The van der Waals surface area contributed by atoms with Crippen molar-refractivity contribution in [2.45, 2.75) is 24.4 Å². The Morgan fingerprint density at radius 3 is 2.50 bits per heavy atom. The minimum atomic E-state index is -5.02. The minimum absolute atomic E-state index is 0.0730. The third kappa shape index (κ3) is 2.33. The maximum atomic E-state index is 12.3. The van der Waals surface area contributed by atoms with E-state index in [9.17, 15) is 22.8 Å². The fourth-order valence-electron chi connectivity index (χ4n) is 3.00. The molecule has 0 unspecified atom stereocenters. The van der Waals surface area contributed by atoms with Crippen LogP contribution in [0.5, 0.6) is 0 Å². The Hall–Kier alpha value is -2.09. The van der Waals surface area contributed by atoms with Gasteiger partial charge in [0.1, 0.15) is 0 Å². The second-order valence-corrected chi connectivity index (χ2v) is 5.39. The molecule has 1 N–H and O–H groups in total. The number of anilines is 1. The molecule has 0 aromatic heterocycles. The van der Waals surface area contributed by atoms with Gasteiger partial charge in [0.15, 0.2) is 0 Å². The SMILES string of the molecule is O=C(ON1CCC2(CC1)C(=O)Nc1ccccc12)C(F)(F)F. The van der Waals surface area contributed by atoms with E-state index in [-0.39, 0.29) is 19.0 Å². The number of halogens is 3. The number of nitrogens with zero attached hydrogens (tertiary/aromatic N) is 1. The Kier molecular flexibility index (Phi) is 3.36. The van der Waals surface area contributed by atoms with Crippen molar-refractivity contribution >= 4 is 17.6 Å². The molecule has 2 aliphatic heterocycles. The predicted octanol–water partition coefficient (Wildman–Crippen LogP) is 1.99. The predicted molar refractivity (Wildman–Crippen MR) is 69.7 cm³/mol. The average molecular weight is 314 g/mol. The van der Waals surface area contributed by atoms with Gasteiger partial charge in [-0.3, -0.25) is 4.79 Å². The van der Waals surface area contributed by atoms with Gasteiger partial charge in [-0.2, -0.15) is 13.2 Å². The standard InChI is InChI=1S/C14H13F3N2O3/c15-14(16,17)12(21)22-19-7-5-13(6-8-19)9-3-1-2-4-10(9)18-11(13)20/h1-4H,5-8H2,(H,18,20). The van der Waals surface area contributed by atoms with Gasteiger partial charge in [0.05, 0.1) is 5.41 Å². The number of fused-ring (bicyclic) bond motifs is 2. The van der Waals surface area contributed by atoms with Gasteiger partial charge in [0.2, 0.25) is 5.91 Å². The number of alkyl halides is 3. The van der Waals surface area contributed by atoms with Gasteiger partial charge in [-0.25, -0.2) is 4.79 Å². The highest BCUT2D eigenvalue weighted by Crippen LogP contribution is 2.44. The number of amides is 1. The number of piperidine rings is 1. The highest BCUT2D eigenvalue weighted by molar-refractivity contribution is 6.06. The molecule has 22 heavy (non-hydrogen) atoms. The first-order valence-corrected chi connectivity index (χ1v) is 6.78. The fraction of sp³-hybridized carbons (Fsp3) is 0.429. The van der Waals surface area contributed by atoms with E-state index in [4.69, 9.17) is 0 Å². The third-order valence-corrected chi connectivity index (χ3v) is 4.14. The summed E-state index contributed by atoms with van der Waals surface area (Å²) in [7, 11) is 0. The Balaban J connectivity index is 1.72. The number of hydrogen-bond donors (Lipinski definition) is 1. The monoisotopic (exact) mass is 314 g/mol. The molecule has 118 valence electrons. The first kappa shape index (κ1) is 14.8. The summed E-state index contributed by atoms with van der Waals surface area (Å²) in [5.74, 6) is -2.39. The van der Waals surface area contributed by atoms with Crippen LogP contribution in [-0.4, -0.2) is 36.2 Å². The minimum Gasteiger partial charge on any atom is -0.361 e. The van der Waals surface area contributed by atoms with Crippen LogP contribution in [0.1, 0.15) is 18.4 Å². The molecule has 1 spiro atoms. The molecule has 2 aliphatic rings. The molecule has 2 heterocycles. The molecular formula is C14H13F3N2O3. The number of carbonyl (C=O) groups is 2. The van der Waals surface area contributed by atoms with Crippen LogP contribution < -0.4 is 5.32 Å². The third-order valence-electron chi connectivity index (χ3n) is 4.14. The maximum absolute atomic E-state index is 12.3. The van der Waals surface area contributed by atoms with Crippen molar-refractivity contribution in [3.8, 4) is 0 Å². The van der Waals surface area contributed by atoms with Crippen molar-refractivity contribution < 1.29 is 27.6 Å². The Morgan fingerprint density at radius 2 is 1.86 bits per heavy atom. The topological polar surface area (TPSA) is 58.6 Å². The van der Waals surface area contributed by atoms with Crippen LogP contribution in [0.4, 0.5) is 18.9 Å². The van der Waals surface area contributed by atoms with Crippen molar-refractivity contribution in [1.82, 2.24) is 5.06 Å². The summed E-state index contributed by atoms with van der Waals surface area (Å²) in [4.78, 5) is 27.4. The van der Waals surface area contributed by atoms with Crippen molar-refractivity contribution in [2.24, 2.45) is 0 Å². The molecule has 1 aromatic carbocycles. The quantitative estimate of drug-likeness (QED) is 0.861. The van der Waals surface area contributed by atoms with E-state index in [0.29, 0.717) is 12.8 Å². The molecule has 1 aromatic rings. The molecule has 0 saturated carbocycles. The lowest BCUT2D eigenvalue weighted by molar-refractivity contribution is -0.242. The number of carbonyl (C=O) groups excluding carboxylic acids is 2. The molecule has 0 radical (unpaired) electrons. The molecule has 8 heteroatoms. The Labute approximate surface area is 124 Å². The normalized spacial score (nSPS) is 20.6. The highest BCUT2D eigenvalue weighted by Gasteiger charge is 2.50. The van der Waals surface area contributed by atoms with Gasteiger partial charge in [0, 0.05) is 18.8 Å². The van der Waals surface area contributed by atoms with E-state index in [1.54, 1.807) is 12.1 Å². The van der Waals surface area contributed by atoms with Gasteiger partial charge < -0.3 is 10.2 Å². The zero-order valence-electron chi connectivity index (χ0n) is 11.4. The number of benzene rings is 1. The van der Waals surface area contributed by atoms with E-state index < -0.39 is 17.6 Å². The average Bonchev–Trinajstić information content (AvgIpc) is 2.73. The molecule has 3 rings (SSSR count). The van der Waals surface area contributed by atoms with E-state index in [1.807, 2.05) is 12.1 Å². The van der Waals surface area contributed by atoms with E-state index in [1.165, 1.54) is 0 Å². The molecule has 0 atom stereocenters. The summed E-state index contributed by atoms with van der Waals surface area (Å²) in [5.41, 5.74) is 0.826. The van der Waals surface area contributed by atoms with E-state index >= 15 is 0 Å². The zero-order chi connectivity index (χ0) is 16.0. The second-order valence-electron chi connectivity index (χ2n) is 5.39. The van der Waals surface area contributed by atoms with Crippen molar-refractivity contribution in [1.29, 1.82) is 0 Å². The second kappa shape index (κ2) is 4.98. The van der Waals surface area contributed by atoms with Crippen molar-refractivity contribution in [3.05, 3.63) is 29.8 Å². The van der Waals surface area contributed by atoms with E-state index in [0.717, 1.165) is 16.3 Å². The van der Waals surface area contributed by atoms with Crippen LogP contribution in [0, 0.1) is 0 Å². The molecule has 0 aliphatic carbocycles. The maximum Gasteiger partial charge on any atom is 0.492 e. The zero-order valence-corrected chi connectivity index (χ0v) is 11.4. The molecule has 5 nitrogen and oxygen atoms in total. The first-order valence-electron chi connectivity index (χ1n) is 6.78. The van der Waals surface area contributed by atoms with Gasteiger partial charge in [-0.05, 0) is 24.5 Å².